The lowest BCUT2D eigenvalue weighted by atomic mass is 9.83. The van der Waals surface area contributed by atoms with Gasteiger partial charge in [-0.1, -0.05) is 42.7 Å². The summed E-state index contributed by atoms with van der Waals surface area (Å²) in [6.07, 6.45) is 7.66. The van der Waals surface area contributed by atoms with Crippen molar-refractivity contribution in [1.29, 1.82) is 0 Å². The molecule has 2 aromatic carbocycles. The van der Waals surface area contributed by atoms with Crippen LogP contribution < -0.4 is 4.74 Å². The van der Waals surface area contributed by atoms with Gasteiger partial charge in [0, 0.05) is 16.9 Å². The predicted octanol–water partition coefficient (Wildman–Crippen LogP) is 5.02. The molecular weight excluding hydrogens is 430 g/mol. The van der Waals surface area contributed by atoms with E-state index < -0.39 is 0 Å². The fourth-order valence-corrected chi connectivity index (χ4v) is 4.28. The molecule has 0 radical (unpaired) electrons. The molecule has 2 aromatic heterocycles. The van der Waals surface area contributed by atoms with Gasteiger partial charge < -0.3 is 4.74 Å². The normalized spacial score (nSPS) is 13.5. The largest absolute Gasteiger partial charge is 0.497 e. The number of benzene rings is 2. The molecule has 1 fully saturated rings. The summed E-state index contributed by atoms with van der Waals surface area (Å²) in [5, 5.41) is 15.7. The first-order valence-electron chi connectivity index (χ1n) is 10.9. The molecule has 33 heavy (non-hydrogen) atoms. The summed E-state index contributed by atoms with van der Waals surface area (Å²) in [6.45, 7) is 0.551. The summed E-state index contributed by atoms with van der Waals surface area (Å²) in [7, 11) is 1.65. The Hall–Kier alpha value is -3.76. The van der Waals surface area contributed by atoms with Crippen LogP contribution in [0.3, 0.4) is 0 Å². The highest BCUT2D eigenvalue weighted by molar-refractivity contribution is 7.10. The van der Waals surface area contributed by atoms with Gasteiger partial charge in [-0.3, -0.25) is 0 Å². The van der Waals surface area contributed by atoms with Crippen LogP contribution in [-0.2, 0) is 6.54 Å². The highest BCUT2D eigenvalue weighted by Crippen LogP contribution is 2.36. The van der Waals surface area contributed by atoms with Crippen molar-refractivity contribution in [2.24, 2.45) is 0 Å². The molecule has 2 heterocycles. The monoisotopic (exact) mass is 453 g/mol. The fraction of sp³-hybridized carbons (Fsp3) is 0.231. The van der Waals surface area contributed by atoms with Crippen LogP contribution in [0.25, 0.3) is 12.2 Å². The minimum absolute atomic E-state index is 0.551. The van der Waals surface area contributed by atoms with E-state index in [9.17, 15) is 0 Å². The van der Waals surface area contributed by atoms with Gasteiger partial charge in [-0.25, -0.2) is 4.98 Å². The Labute approximate surface area is 197 Å². The van der Waals surface area contributed by atoms with E-state index in [0.717, 1.165) is 27.4 Å². The van der Waals surface area contributed by atoms with Gasteiger partial charge in [-0.05, 0) is 65.4 Å². The molecule has 0 N–H and O–H groups in total. The van der Waals surface area contributed by atoms with Gasteiger partial charge in [-0.15, -0.1) is 21.5 Å². The molecule has 1 saturated carbocycles. The molecule has 0 spiro atoms. The number of ether oxygens (including phenoxy) is 1. The molecule has 0 amide bonds. The zero-order valence-electron chi connectivity index (χ0n) is 18.3. The van der Waals surface area contributed by atoms with E-state index in [1.54, 1.807) is 23.2 Å². The summed E-state index contributed by atoms with van der Waals surface area (Å²) < 4.78 is 5.19. The molecule has 4 aromatic rings. The highest BCUT2D eigenvalue weighted by atomic mass is 32.1. The number of hydrogen-bond acceptors (Lipinski definition) is 6. The maximum absolute atomic E-state index is 5.19. The standard InChI is InChI=1S/C26H23N5OS/c1-32-23-12-8-21(9-13-23)17-31-29-25(28-30-31)14-10-19-4-2-5-20(16-19)11-15-26-27-24(18-33-26)22-6-3-7-22/h2,4-5,8-10,12-14,16,18,22H,3,6-7,17H2,1H3/b14-10+. The molecule has 6 nitrogen and oxygen atoms in total. The second kappa shape index (κ2) is 9.80. The maximum Gasteiger partial charge on any atom is 0.197 e. The van der Waals surface area contributed by atoms with Crippen LogP contribution in [0.15, 0.2) is 53.9 Å². The van der Waals surface area contributed by atoms with Crippen molar-refractivity contribution < 1.29 is 4.74 Å². The third kappa shape index (κ3) is 5.36. The van der Waals surface area contributed by atoms with Crippen molar-refractivity contribution in [2.45, 2.75) is 31.7 Å². The third-order valence-corrected chi connectivity index (χ3v) is 6.40. The lowest BCUT2D eigenvalue weighted by molar-refractivity contribution is 0.412. The van der Waals surface area contributed by atoms with Gasteiger partial charge in [0.05, 0.1) is 19.3 Å². The zero-order valence-corrected chi connectivity index (χ0v) is 19.1. The second-order valence-electron chi connectivity index (χ2n) is 7.94. The van der Waals surface area contributed by atoms with E-state index in [0.29, 0.717) is 18.3 Å². The average molecular weight is 454 g/mol. The van der Waals surface area contributed by atoms with Gasteiger partial charge in [-0.2, -0.15) is 4.80 Å². The Morgan fingerprint density at radius 2 is 2.00 bits per heavy atom. The number of methoxy groups -OCH3 is 1. The number of rotatable bonds is 6. The van der Waals surface area contributed by atoms with Gasteiger partial charge in [0.25, 0.3) is 0 Å². The van der Waals surface area contributed by atoms with E-state index >= 15 is 0 Å². The molecule has 1 aliphatic carbocycles. The van der Waals surface area contributed by atoms with Gasteiger partial charge in [0.15, 0.2) is 10.8 Å². The van der Waals surface area contributed by atoms with Crippen molar-refractivity contribution in [2.75, 3.05) is 7.11 Å². The predicted molar refractivity (Wildman–Crippen MR) is 130 cm³/mol. The summed E-state index contributed by atoms with van der Waals surface area (Å²) in [6, 6.07) is 15.9. The van der Waals surface area contributed by atoms with Crippen molar-refractivity contribution in [3.63, 3.8) is 0 Å². The van der Waals surface area contributed by atoms with E-state index in [1.165, 1.54) is 25.0 Å². The lowest BCUT2D eigenvalue weighted by Gasteiger charge is -2.22. The molecule has 0 unspecified atom stereocenters. The Morgan fingerprint density at radius 1 is 1.12 bits per heavy atom. The first kappa shape index (κ1) is 21.1. The number of nitrogens with zero attached hydrogens (tertiary/aromatic N) is 5. The van der Waals surface area contributed by atoms with Gasteiger partial charge >= 0.3 is 0 Å². The molecule has 0 atom stereocenters. The molecular formula is C26H23N5OS. The Kier molecular flexibility index (Phi) is 6.27. The molecule has 0 saturated heterocycles. The van der Waals surface area contributed by atoms with Gasteiger partial charge in [0.1, 0.15) is 5.75 Å². The van der Waals surface area contributed by atoms with Crippen molar-refractivity contribution in [1.82, 2.24) is 25.2 Å². The highest BCUT2D eigenvalue weighted by Gasteiger charge is 2.21. The average Bonchev–Trinajstić information content (AvgIpc) is 3.46. The van der Waals surface area contributed by atoms with E-state index in [1.807, 2.05) is 60.7 Å². The Bertz CT molecular complexity index is 1320. The topological polar surface area (TPSA) is 65.7 Å². The van der Waals surface area contributed by atoms with Crippen LogP contribution in [0.4, 0.5) is 0 Å². The Balaban J connectivity index is 1.22. The smallest absolute Gasteiger partial charge is 0.197 e. The fourth-order valence-electron chi connectivity index (χ4n) is 3.54. The summed E-state index contributed by atoms with van der Waals surface area (Å²) in [5.74, 6) is 8.47. The molecule has 7 heteroatoms. The van der Waals surface area contributed by atoms with Crippen molar-refractivity contribution >= 4 is 23.5 Å². The minimum atomic E-state index is 0.551. The van der Waals surface area contributed by atoms with Crippen LogP contribution in [0.5, 0.6) is 5.75 Å². The zero-order chi connectivity index (χ0) is 22.5. The quantitative estimate of drug-likeness (QED) is 0.383. The molecule has 0 aliphatic heterocycles. The molecule has 0 bridgehead atoms. The summed E-state index contributed by atoms with van der Waals surface area (Å²) in [5.41, 5.74) is 4.27. The first-order valence-corrected chi connectivity index (χ1v) is 11.8. The molecule has 164 valence electrons. The maximum atomic E-state index is 5.19. The number of tetrazole rings is 1. The van der Waals surface area contributed by atoms with E-state index in [2.05, 4.69) is 37.6 Å². The van der Waals surface area contributed by atoms with Crippen LogP contribution in [0, 0.1) is 11.8 Å². The minimum Gasteiger partial charge on any atom is -0.497 e. The van der Waals surface area contributed by atoms with Crippen LogP contribution in [0.1, 0.15) is 58.4 Å². The van der Waals surface area contributed by atoms with Crippen LogP contribution in [0.2, 0.25) is 0 Å². The molecule has 1 aliphatic rings. The van der Waals surface area contributed by atoms with Crippen LogP contribution >= 0.6 is 11.3 Å². The number of hydrogen-bond donors (Lipinski definition) is 0. The van der Waals surface area contributed by atoms with E-state index in [-0.39, 0.29) is 0 Å². The summed E-state index contributed by atoms with van der Waals surface area (Å²) in [4.78, 5) is 6.26. The lowest BCUT2D eigenvalue weighted by Crippen LogP contribution is -2.08. The third-order valence-electron chi connectivity index (χ3n) is 5.62. The number of thiazole rings is 1. The second-order valence-corrected chi connectivity index (χ2v) is 8.80. The SMILES string of the molecule is COc1ccc(Cn2nnc(/C=C/c3cccc(C#Cc4nc(C5CCC5)cs4)c3)n2)cc1. The molecule has 5 rings (SSSR count). The van der Waals surface area contributed by atoms with Crippen molar-refractivity contribution in [3.05, 3.63) is 87.1 Å². The van der Waals surface area contributed by atoms with Crippen molar-refractivity contribution in [3.8, 4) is 17.6 Å². The van der Waals surface area contributed by atoms with Crippen LogP contribution in [-0.4, -0.2) is 32.3 Å². The van der Waals surface area contributed by atoms with E-state index in [4.69, 9.17) is 4.74 Å². The van der Waals surface area contributed by atoms with Gasteiger partial charge in [0.2, 0.25) is 0 Å². The Morgan fingerprint density at radius 3 is 2.79 bits per heavy atom. The summed E-state index contributed by atoms with van der Waals surface area (Å²) >= 11 is 1.63. The number of aromatic nitrogens is 5. The first-order chi connectivity index (χ1) is 16.2.